The van der Waals surface area contributed by atoms with Gasteiger partial charge < -0.3 is 15.2 Å². The van der Waals surface area contributed by atoms with Crippen LogP contribution in [-0.4, -0.2) is 39.9 Å². The maximum atomic E-state index is 13.7. The van der Waals surface area contributed by atoms with Gasteiger partial charge in [0, 0.05) is 13.1 Å². The average Bonchev–Trinajstić information content (AvgIpc) is 3.32. The molecule has 0 radical (unpaired) electrons. The standard InChI is InChI=1S/C19H18FN5O2/c20-12-7-8-14(23-19(27)25-9-3-4-10-25)13(11-12)17(26)24-18-21-15-5-1-2-6-16(15)22-18/h1-2,5-8,11H,3-4,9-10H2,(H,23,27)(H2,21,22,24,26). The number of benzene rings is 2. The highest BCUT2D eigenvalue weighted by molar-refractivity contribution is 6.09. The normalized spacial score (nSPS) is 13.7. The predicted octanol–water partition coefficient (Wildman–Crippen LogP) is 3.58. The van der Waals surface area contributed by atoms with E-state index in [1.807, 2.05) is 24.3 Å². The summed E-state index contributed by atoms with van der Waals surface area (Å²) in [5.74, 6) is -0.878. The maximum Gasteiger partial charge on any atom is 0.321 e. The number of nitrogens with zero attached hydrogens (tertiary/aromatic N) is 2. The van der Waals surface area contributed by atoms with E-state index < -0.39 is 11.7 Å². The molecule has 138 valence electrons. The van der Waals surface area contributed by atoms with Crippen LogP contribution in [-0.2, 0) is 0 Å². The second-order valence-electron chi connectivity index (χ2n) is 6.37. The number of likely N-dealkylation sites (tertiary alicyclic amines) is 1. The SMILES string of the molecule is O=C(Nc1nc2ccccc2[nH]1)c1cc(F)ccc1NC(=O)N1CCCC1. The second-order valence-corrected chi connectivity index (χ2v) is 6.37. The van der Waals surface area contributed by atoms with Gasteiger partial charge in [-0.2, -0.15) is 0 Å². The maximum absolute atomic E-state index is 13.7. The highest BCUT2D eigenvalue weighted by Gasteiger charge is 2.21. The number of aromatic nitrogens is 2. The van der Waals surface area contributed by atoms with E-state index in [9.17, 15) is 14.0 Å². The first-order valence-corrected chi connectivity index (χ1v) is 8.72. The Morgan fingerprint density at radius 3 is 2.63 bits per heavy atom. The molecular weight excluding hydrogens is 349 g/mol. The van der Waals surface area contributed by atoms with E-state index >= 15 is 0 Å². The summed E-state index contributed by atoms with van der Waals surface area (Å²) >= 11 is 0. The van der Waals surface area contributed by atoms with Crippen molar-refractivity contribution in [1.29, 1.82) is 0 Å². The van der Waals surface area contributed by atoms with Crippen LogP contribution < -0.4 is 10.6 Å². The van der Waals surface area contributed by atoms with Gasteiger partial charge in [0.2, 0.25) is 5.95 Å². The Hall–Kier alpha value is -3.42. The molecular formula is C19H18FN5O2. The van der Waals surface area contributed by atoms with E-state index in [1.165, 1.54) is 12.1 Å². The van der Waals surface area contributed by atoms with Gasteiger partial charge >= 0.3 is 6.03 Å². The largest absolute Gasteiger partial charge is 0.325 e. The van der Waals surface area contributed by atoms with Gasteiger partial charge in [-0.1, -0.05) is 12.1 Å². The molecule has 1 aliphatic heterocycles. The van der Waals surface area contributed by atoms with Gasteiger partial charge in [-0.05, 0) is 43.2 Å². The molecule has 1 fully saturated rings. The number of nitrogens with one attached hydrogen (secondary N) is 3. The van der Waals surface area contributed by atoms with Crippen LogP contribution >= 0.6 is 0 Å². The van der Waals surface area contributed by atoms with Crippen LogP contribution in [0.2, 0.25) is 0 Å². The minimum absolute atomic E-state index is 0.0306. The number of halogens is 1. The number of amides is 3. The Morgan fingerprint density at radius 2 is 1.85 bits per heavy atom. The molecule has 0 aliphatic carbocycles. The van der Waals surface area contributed by atoms with Crippen LogP contribution in [0, 0.1) is 5.82 Å². The van der Waals surface area contributed by atoms with Crippen molar-refractivity contribution in [3.63, 3.8) is 0 Å². The molecule has 8 heteroatoms. The van der Waals surface area contributed by atoms with Gasteiger partial charge in [0.25, 0.3) is 5.91 Å². The van der Waals surface area contributed by atoms with Gasteiger partial charge in [-0.3, -0.25) is 10.1 Å². The molecule has 1 aromatic heterocycles. The fraction of sp³-hybridized carbons (Fsp3) is 0.211. The molecule has 0 saturated carbocycles. The highest BCUT2D eigenvalue weighted by atomic mass is 19.1. The summed E-state index contributed by atoms with van der Waals surface area (Å²) in [6.45, 7) is 1.35. The predicted molar refractivity (Wildman–Crippen MR) is 100 cm³/mol. The Kier molecular flexibility index (Phi) is 4.45. The third-order valence-corrected chi connectivity index (χ3v) is 4.48. The first-order valence-electron chi connectivity index (χ1n) is 8.72. The fourth-order valence-electron chi connectivity index (χ4n) is 3.11. The van der Waals surface area contributed by atoms with Gasteiger partial charge in [-0.25, -0.2) is 14.2 Å². The molecule has 2 aromatic carbocycles. The van der Waals surface area contributed by atoms with Crippen molar-refractivity contribution in [2.24, 2.45) is 0 Å². The third kappa shape index (κ3) is 3.59. The van der Waals surface area contributed by atoms with Crippen molar-refractivity contribution < 1.29 is 14.0 Å². The number of carbonyl (C=O) groups is 2. The number of aromatic amines is 1. The Labute approximate surface area is 154 Å². The lowest BCUT2D eigenvalue weighted by atomic mass is 10.1. The molecule has 3 N–H and O–H groups in total. The highest BCUT2D eigenvalue weighted by Crippen LogP contribution is 2.21. The van der Waals surface area contributed by atoms with E-state index in [-0.39, 0.29) is 23.2 Å². The first-order chi connectivity index (χ1) is 13.1. The molecule has 0 bridgehead atoms. The van der Waals surface area contributed by atoms with Crippen molar-refractivity contribution in [3.05, 3.63) is 53.8 Å². The molecule has 3 amide bonds. The van der Waals surface area contributed by atoms with Crippen LogP contribution in [0.4, 0.5) is 20.8 Å². The smallest absolute Gasteiger partial charge is 0.321 e. The number of hydrogen-bond acceptors (Lipinski definition) is 3. The summed E-state index contributed by atoms with van der Waals surface area (Å²) in [7, 11) is 0. The monoisotopic (exact) mass is 367 g/mol. The third-order valence-electron chi connectivity index (χ3n) is 4.48. The van der Waals surface area contributed by atoms with E-state index in [0.717, 1.165) is 24.4 Å². The van der Waals surface area contributed by atoms with Crippen LogP contribution in [0.3, 0.4) is 0 Å². The number of rotatable bonds is 3. The summed E-state index contributed by atoms with van der Waals surface area (Å²) in [4.78, 5) is 33.9. The summed E-state index contributed by atoms with van der Waals surface area (Å²) in [6, 6.07) is 10.7. The number of imidazole rings is 1. The van der Waals surface area contributed by atoms with Crippen molar-refractivity contribution in [2.45, 2.75) is 12.8 Å². The number of para-hydroxylation sites is 2. The number of fused-ring (bicyclic) bond motifs is 1. The number of anilines is 2. The fourth-order valence-corrected chi connectivity index (χ4v) is 3.11. The molecule has 27 heavy (non-hydrogen) atoms. The average molecular weight is 367 g/mol. The van der Waals surface area contributed by atoms with Crippen LogP contribution in [0.5, 0.6) is 0 Å². The van der Waals surface area contributed by atoms with Crippen LogP contribution in [0.15, 0.2) is 42.5 Å². The topological polar surface area (TPSA) is 90.1 Å². The van der Waals surface area contributed by atoms with Gasteiger partial charge in [0.05, 0.1) is 22.3 Å². The Balaban J connectivity index is 1.56. The van der Waals surface area contributed by atoms with Gasteiger partial charge in [0.1, 0.15) is 5.82 Å². The number of carbonyl (C=O) groups excluding carboxylic acids is 2. The summed E-state index contributed by atoms with van der Waals surface area (Å²) in [5.41, 5.74) is 1.76. The molecule has 1 saturated heterocycles. The van der Waals surface area contributed by atoms with E-state index in [0.29, 0.717) is 18.6 Å². The van der Waals surface area contributed by atoms with Crippen molar-refractivity contribution in [3.8, 4) is 0 Å². The summed E-state index contributed by atoms with van der Waals surface area (Å²) in [6.07, 6.45) is 1.91. The lowest BCUT2D eigenvalue weighted by Gasteiger charge is -2.17. The van der Waals surface area contributed by atoms with E-state index in [2.05, 4.69) is 20.6 Å². The van der Waals surface area contributed by atoms with Crippen molar-refractivity contribution >= 4 is 34.6 Å². The molecule has 1 aliphatic rings. The Bertz CT molecular complexity index is 977. The van der Waals surface area contributed by atoms with Gasteiger partial charge in [0.15, 0.2) is 0 Å². The van der Waals surface area contributed by atoms with Crippen LogP contribution in [0.1, 0.15) is 23.2 Å². The van der Waals surface area contributed by atoms with Crippen molar-refractivity contribution in [2.75, 3.05) is 23.7 Å². The molecule has 2 heterocycles. The molecule has 0 spiro atoms. The number of H-pyrrole nitrogens is 1. The zero-order chi connectivity index (χ0) is 18.8. The molecule has 0 unspecified atom stereocenters. The zero-order valence-corrected chi connectivity index (χ0v) is 14.5. The second kappa shape index (κ2) is 7.06. The molecule has 0 atom stereocenters. The first kappa shape index (κ1) is 17.0. The number of hydrogen-bond donors (Lipinski definition) is 3. The Morgan fingerprint density at radius 1 is 1.07 bits per heavy atom. The van der Waals surface area contributed by atoms with Crippen molar-refractivity contribution in [1.82, 2.24) is 14.9 Å². The minimum atomic E-state index is -0.566. The van der Waals surface area contributed by atoms with E-state index in [1.54, 1.807) is 4.90 Å². The molecule has 3 aromatic rings. The van der Waals surface area contributed by atoms with E-state index in [4.69, 9.17) is 0 Å². The lowest BCUT2D eigenvalue weighted by Crippen LogP contribution is -2.32. The van der Waals surface area contributed by atoms with Gasteiger partial charge in [-0.15, -0.1) is 0 Å². The summed E-state index contributed by atoms with van der Waals surface area (Å²) < 4.78 is 13.7. The minimum Gasteiger partial charge on any atom is -0.325 e. The zero-order valence-electron chi connectivity index (χ0n) is 14.5. The summed E-state index contributed by atoms with van der Waals surface area (Å²) in [5, 5.41) is 5.32. The number of urea groups is 1. The lowest BCUT2D eigenvalue weighted by molar-refractivity contribution is 0.102. The van der Waals surface area contributed by atoms with Crippen LogP contribution in [0.25, 0.3) is 11.0 Å². The molecule has 4 rings (SSSR count). The quantitative estimate of drug-likeness (QED) is 0.661. The molecule has 7 nitrogen and oxygen atoms in total.